The number of carbonyl (C=O) groups excluding carboxylic acids is 3. The van der Waals surface area contributed by atoms with Crippen LogP contribution in [0.25, 0.3) is 0 Å². The van der Waals surface area contributed by atoms with Crippen molar-refractivity contribution in [2.45, 2.75) is 13.0 Å². The number of hydrogen-bond acceptors (Lipinski definition) is 5. The molecule has 3 aromatic rings. The second-order valence-electron chi connectivity index (χ2n) is 6.85. The van der Waals surface area contributed by atoms with Crippen LogP contribution in [0.5, 0.6) is 5.75 Å². The van der Waals surface area contributed by atoms with E-state index in [0.717, 1.165) is 0 Å². The van der Waals surface area contributed by atoms with Crippen molar-refractivity contribution < 1.29 is 19.1 Å². The van der Waals surface area contributed by atoms with E-state index >= 15 is 0 Å². The first kappa shape index (κ1) is 19.1. The van der Waals surface area contributed by atoms with Gasteiger partial charge >= 0.3 is 0 Å². The molecule has 0 saturated heterocycles. The van der Waals surface area contributed by atoms with Crippen molar-refractivity contribution >= 4 is 23.2 Å². The third kappa shape index (κ3) is 3.45. The Hall–Kier alpha value is -4.24. The molecular formula is C24H16N2O4. The summed E-state index contributed by atoms with van der Waals surface area (Å²) in [5.41, 5.74) is 2.21. The Morgan fingerprint density at radius 2 is 1.50 bits per heavy atom. The van der Waals surface area contributed by atoms with E-state index in [-0.39, 0.29) is 17.1 Å². The lowest BCUT2D eigenvalue weighted by molar-refractivity contribution is -0.122. The maximum atomic E-state index is 12.8. The second-order valence-corrected chi connectivity index (χ2v) is 6.85. The van der Waals surface area contributed by atoms with Crippen molar-refractivity contribution in [3.8, 4) is 11.8 Å². The van der Waals surface area contributed by atoms with E-state index in [9.17, 15) is 14.4 Å². The predicted octanol–water partition coefficient (Wildman–Crippen LogP) is 3.74. The predicted molar refractivity (Wildman–Crippen MR) is 110 cm³/mol. The summed E-state index contributed by atoms with van der Waals surface area (Å²) in [7, 11) is 0. The number of carbonyl (C=O) groups is 3. The van der Waals surface area contributed by atoms with Crippen molar-refractivity contribution in [3.05, 3.63) is 94.5 Å². The minimum Gasteiger partial charge on any atom is -0.481 e. The molecule has 0 saturated carbocycles. The SMILES string of the molecule is C[C@H](Oc1ccc(C#N)cc1)C(=O)Nc1ccc2c(c1)C(=O)c1ccccc1C2=O. The number of ketones is 2. The molecule has 0 aliphatic heterocycles. The average Bonchev–Trinajstić information content (AvgIpc) is 2.78. The van der Waals surface area contributed by atoms with Crippen LogP contribution in [-0.4, -0.2) is 23.6 Å². The van der Waals surface area contributed by atoms with Gasteiger partial charge in [0.05, 0.1) is 11.6 Å². The van der Waals surface area contributed by atoms with E-state index in [0.29, 0.717) is 33.7 Å². The third-order valence-corrected chi connectivity index (χ3v) is 4.86. The zero-order valence-corrected chi connectivity index (χ0v) is 16.0. The van der Waals surface area contributed by atoms with Gasteiger partial charge in [0.1, 0.15) is 5.75 Å². The smallest absolute Gasteiger partial charge is 0.265 e. The van der Waals surface area contributed by atoms with Gasteiger partial charge in [-0.25, -0.2) is 0 Å². The van der Waals surface area contributed by atoms with Crippen LogP contribution in [0.1, 0.15) is 44.3 Å². The van der Waals surface area contributed by atoms with Crippen LogP contribution in [0.3, 0.4) is 0 Å². The van der Waals surface area contributed by atoms with Gasteiger partial charge in [0.15, 0.2) is 17.7 Å². The Balaban J connectivity index is 1.51. The Kier molecular flexibility index (Phi) is 4.87. The monoisotopic (exact) mass is 396 g/mol. The van der Waals surface area contributed by atoms with Crippen molar-refractivity contribution in [3.63, 3.8) is 0 Å². The Morgan fingerprint density at radius 1 is 0.900 bits per heavy atom. The summed E-state index contributed by atoms with van der Waals surface area (Å²) in [6.07, 6.45) is -0.813. The standard InChI is InChI=1S/C24H16N2O4/c1-14(30-17-9-6-15(13-25)7-10-17)24(29)26-16-8-11-20-21(12-16)23(28)19-5-3-2-4-18(19)22(20)27/h2-12,14H,1H3,(H,26,29)/t14-/m0/s1. The zero-order chi connectivity index (χ0) is 21.3. The molecule has 3 aromatic carbocycles. The Bertz CT molecular complexity index is 1220. The molecule has 0 spiro atoms. The molecule has 0 aromatic heterocycles. The molecule has 1 atom stereocenters. The fourth-order valence-electron chi connectivity index (χ4n) is 3.29. The first-order chi connectivity index (χ1) is 14.5. The molecule has 4 rings (SSSR count). The quantitative estimate of drug-likeness (QED) is 0.567. The maximum absolute atomic E-state index is 12.8. The molecule has 0 radical (unpaired) electrons. The van der Waals surface area contributed by atoms with Crippen LogP contribution < -0.4 is 10.1 Å². The summed E-state index contributed by atoms with van der Waals surface area (Å²) in [6.45, 7) is 1.59. The van der Waals surface area contributed by atoms with Gasteiger partial charge in [0.2, 0.25) is 0 Å². The Labute approximate surface area is 172 Å². The van der Waals surface area contributed by atoms with Gasteiger partial charge < -0.3 is 10.1 Å². The van der Waals surface area contributed by atoms with Crippen LogP contribution in [0.4, 0.5) is 5.69 Å². The number of nitrogens with one attached hydrogen (secondary N) is 1. The maximum Gasteiger partial charge on any atom is 0.265 e. The minimum absolute atomic E-state index is 0.212. The van der Waals surface area contributed by atoms with E-state index < -0.39 is 12.0 Å². The van der Waals surface area contributed by atoms with E-state index in [1.165, 1.54) is 6.07 Å². The number of anilines is 1. The number of rotatable bonds is 4. The molecule has 0 unspecified atom stereocenters. The molecular weight excluding hydrogens is 380 g/mol. The number of ether oxygens (including phenoxy) is 1. The average molecular weight is 396 g/mol. The number of amides is 1. The second kappa shape index (κ2) is 7.64. The number of nitriles is 1. The topological polar surface area (TPSA) is 96.3 Å². The lowest BCUT2D eigenvalue weighted by Gasteiger charge is -2.19. The minimum atomic E-state index is -0.813. The number of nitrogens with zero attached hydrogens (tertiary/aromatic N) is 1. The van der Waals surface area contributed by atoms with Gasteiger partial charge in [-0.2, -0.15) is 5.26 Å². The van der Waals surface area contributed by atoms with Gasteiger partial charge in [-0.3, -0.25) is 14.4 Å². The molecule has 1 N–H and O–H groups in total. The van der Waals surface area contributed by atoms with E-state index in [2.05, 4.69) is 5.32 Å². The lowest BCUT2D eigenvalue weighted by Crippen LogP contribution is -2.30. The van der Waals surface area contributed by atoms with Crippen LogP contribution in [0.15, 0.2) is 66.7 Å². The highest BCUT2D eigenvalue weighted by atomic mass is 16.5. The normalized spacial score (nSPS) is 12.9. The number of benzene rings is 3. The summed E-state index contributed by atoms with van der Waals surface area (Å²) in [4.78, 5) is 38.0. The molecule has 1 aliphatic rings. The molecule has 30 heavy (non-hydrogen) atoms. The van der Waals surface area contributed by atoms with Crippen molar-refractivity contribution in [2.24, 2.45) is 0 Å². The summed E-state index contributed by atoms with van der Waals surface area (Å²) in [6, 6.07) is 19.8. The van der Waals surface area contributed by atoms with Crippen molar-refractivity contribution in [1.82, 2.24) is 0 Å². The van der Waals surface area contributed by atoms with Crippen LogP contribution >= 0.6 is 0 Å². The Morgan fingerprint density at radius 3 is 2.13 bits per heavy atom. The number of fused-ring (bicyclic) bond motifs is 2. The van der Waals surface area contributed by atoms with Crippen LogP contribution in [-0.2, 0) is 4.79 Å². The molecule has 6 nitrogen and oxygen atoms in total. The van der Waals surface area contributed by atoms with Gasteiger partial charge in [-0.1, -0.05) is 24.3 Å². The first-order valence-electron chi connectivity index (χ1n) is 9.28. The fourth-order valence-corrected chi connectivity index (χ4v) is 3.29. The van der Waals surface area contributed by atoms with Gasteiger partial charge in [-0.05, 0) is 49.4 Å². The number of hydrogen-bond donors (Lipinski definition) is 1. The van der Waals surface area contributed by atoms with Gasteiger partial charge in [-0.15, -0.1) is 0 Å². The zero-order valence-electron chi connectivity index (χ0n) is 16.0. The van der Waals surface area contributed by atoms with E-state index in [4.69, 9.17) is 10.00 Å². The summed E-state index contributed by atoms with van der Waals surface area (Å²) in [5, 5.41) is 11.6. The summed E-state index contributed by atoms with van der Waals surface area (Å²) >= 11 is 0. The summed E-state index contributed by atoms with van der Waals surface area (Å²) in [5.74, 6) is -0.414. The fraction of sp³-hybridized carbons (Fsp3) is 0.0833. The highest BCUT2D eigenvalue weighted by molar-refractivity contribution is 6.28. The van der Waals surface area contributed by atoms with Gasteiger partial charge in [0.25, 0.3) is 5.91 Å². The molecule has 1 amide bonds. The molecule has 0 heterocycles. The lowest BCUT2D eigenvalue weighted by atomic mass is 9.84. The van der Waals surface area contributed by atoms with E-state index in [1.807, 2.05) is 6.07 Å². The largest absolute Gasteiger partial charge is 0.481 e. The highest BCUT2D eigenvalue weighted by Crippen LogP contribution is 2.29. The van der Waals surface area contributed by atoms with Gasteiger partial charge in [0, 0.05) is 27.9 Å². The molecule has 146 valence electrons. The van der Waals surface area contributed by atoms with Crippen LogP contribution in [0.2, 0.25) is 0 Å². The van der Waals surface area contributed by atoms with Crippen molar-refractivity contribution in [2.75, 3.05) is 5.32 Å². The highest BCUT2D eigenvalue weighted by Gasteiger charge is 2.29. The molecule has 1 aliphatic carbocycles. The molecule has 0 fully saturated rings. The van der Waals surface area contributed by atoms with Crippen LogP contribution in [0, 0.1) is 11.3 Å². The molecule has 0 bridgehead atoms. The van der Waals surface area contributed by atoms with E-state index in [1.54, 1.807) is 67.6 Å². The molecule has 6 heteroatoms. The summed E-state index contributed by atoms with van der Waals surface area (Å²) < 4.78 is 5.60. The third-order valence-electron chi connectivity index (χ3n) is 4.86. The first-order valence-corrected chi connectivity index (χ1v) is 9.28. The van der Waals surface area contributed by atoms with Crippen molar-refractivity contribution in [1.29, 1.82) is 5.26 Å².